The van der Waals surface area contributed by atoms with Crippen molar-refractivity contribution in [1.29, 1.82) is 0 Å². The molecule has 2 nitrogen and oxygen atoms in total. The third kappa shape index (κ3) is 13.0. The van der Waals surface area contributed by atoms with Crippen LogP contribution in [0.15, 0.2) is 0 Å². The van der Waals surface area contributed by atoms with E-state index >= 15 is 0 Å². The zero-order valence-electron chi connectivity index (χ0n) is 15.5. The molecule has 0 atom stereocenters. The Morgan fingerprint density at radius 2 is 1.19 bits per heavy atom. The highest BCUT2D eigenvalue weighted by Crippen LogP contribution is 2.10. The number of carbonyl (C=O) groups is 1. The molecule has 0 aromatic heterocycles. The topological polar surface area (TPSA) is 20.3 Å². The van der Waals surface area contributed by atoms with Gasteiger partial charge in [-0.25, -0.2) is 0 Å². The molecule has 0 aromatic carbocycles. The monoisotopic (exact) mass is 297 g/mol. The predicted octanol–water partition coefficient (Wildman–Crippen LogP) is 5.17. The summed E-state index contributed by atoms with van der Waals surface area (Å²) in [7, 11) is 0. The highest BCUT2D eigenvalue weighted by atomic mass is 16.1. The molecule has 2 heteroatoms. The smallest absolute Gasteiger partial charge is 0.149 e. The van der Waals surface area contributed by atoms with Gasteiger partial charge in [-0.05, 0) is 37.8 Å². The lowest BCUT2D eigenvalue weighted by Crippen LogP contribution is -2.33. The number of unbranched alkanes of at least 4 members (excludes halogenated alkanes) is 2. The number of carbonyl (C=O) groups excluding carboxylic acids is 1. The number of rotatable bonds is 13. The van der Waals surface area contributed by atoms with Crippen LogP contribution in [-0.4, -0.2) is 30.3 Å². The van der Waals surface area contributed by atoms with Crippen LogP contribution in [-0.2, 0) is 4.79 Å². The minimum atomic E-state index is 0.166. The number of hydrogen-bond acceptors (Lipinski definition) is 2. The first kappa shape index (κ1) is 20.6. The first-order valence-electron chi connectivity index (χ1n) is 9.08. The highest BCUT2D eigenvalue weighted by Gasteiger charge is 2.13. The minimum absolute atomic E-state index is 0.166. The van der Waals surface area contributed by atoms with E-state index in [1.54, 1.807) is 0 Å². The van der Waals surface area contributed by atoms with Crippen LogP contribution in [0.4, 0.5) is 0 Å². The maximum Gasteiger partial charge on any atom is 0.149 e. The lowest BCUT2D eigenvalue weighted by molar-refractivity contribution is -0.123. The fraction of sp³-hybridized carbons (Fsp3) is 0.947. The molecule has 0 N–H and O–H groups in total. The van der Waals surface area contributed by atoms with E-state index in [0.717, 1.165) is 24.9 Å². The van der Waals surface area contributed by atoms with E-state index < -0.39 is 0 Å². The zero-order valence-corrected chi connectivity index (χ0v) is 15.5. The Morgan fingerprint density at radius 3 is 1.52 bits per heavy atom. The minimum Gasteiger partial charge on any atom is -0.298 e. The molecular weight excluding hydrogens is 258 g/mol. The number of nitrogens with zero attached hydrogens (tertiary/aromatic N) is 1. The Labute approximate surface area is 133 Å². The SMILES string of the molecule is CC(C)CCCCN(CCCCC(C)C)CC(=O)C(C)C. The maximum atomic E-state index is 12.0. The van der Waals surface area contributed by atoms with Gasteiger partial charge in [0.25, 0.3) is 0 Å². The van der Waals surface area contributed by atoms with Gasteiger partial charge in [-0.1, -0.05) is 67.2 Å². The van der Waals surface area contributed by atoms with Crippen molar-refractivity contribution in [3.63, 3.8) is 0 Å². The van der Waals surface area contributed by atoms with Crippen LogP contribution in [0, 0.1) is 17.8 Å². The quantitative estimate of drug-likeness (QED) is 0.437. The standard InChI is InChI=1S/C19H39NO/c1-16(2)11-7-9-13-20(15-19(21)18(5)6)14-10-8-12-17(3)4/h16-18H,7-15H2,1-6H3. The molecule has 126 valence electrons. The molecule has 0 aliphatic rings. The third-order valence-electron chi connectivity index (χ3n) is 4.04. The fourth-order valence-corrected chi connectivity index (χ4v) is 2.45. The maximum absolute atomic E-state index is 12.0. The van der Waals surface area contributed by atoms with E-state index in [1.165, 1.54) is 38.5 Å². The molecule has 0 aliphatic heterocycles. The Morgan fingerprint density at radius 1 is 0.762 bits per heavy atom. The van der Waals surface area contributed by atoms with E-state index in [9.17, 15) is 4.79 Å². The first-order valence-corrected chi connectivity index (χ1v) is 9.08. The van der Waals surface area contributed by atoms with Gasteiger partial charge < -0.3 is 0 Å². The zero-order chi connectivity index (χ0) is 16.3. The van der Waals surface area contributed by atoms with Gasteiger partial charge >= 0.3 is 0 Å². The van der Waals surface area contributed by atoms with E-state index in [0.29, 0.717) is 12.3 Å². The second kappa shape index (κ2) is 12.2. The molecule has 0 heterocycles. The largest absolute Gasteiger partial charge is 0.298 e. The van der Waals surface area contributed by atoms with E-state index in [1.807, 2.05) is 13.8 Å². The summed E-state index contributed by atoms with van der Waals surface area (Å²) in [5.74, 6) is 2.14. The van der Waals surface area contributed by atoms with Gasteiger partial charge in [-0.2, -0.15) is 0 Å². The predicted molar refractivity (Wildman–Crippen MR) is 93.7 cm³/mol. The summed E-state index contributed by atoms with van der Waals surface area (Å²) in [6, 6.07) is 0. The fourth-order valence-electron chi connectivity index (χ4n) is 2.45. The van der Waals surface area contributed by atoms with Gasteiger partial charge in [0.2, 0.25) is 0 Å². The Kier molecular flexibility index (Phi) is 12.0. The molecule has 0 bridgehead atoms. The van der Waals surface area contributed by atoms with Crippen molar-refractivity contribution in [2.45, 2.75) is 80.1 Å². The van der Waals surface area contributed by atoms with Crippen molar-refractivity contribution < 1.29 is 4.79 Å². The Bertz CT molecular complexity index is 242. The second-order valence-corrected chi connectivity index (χ2v) is 7.68. The normalized spacial score (nSPS) is 12.1. The van der Waals surface area contributed by atoms with Gasteiger partial charge in [-0.15, -0.1) is 0 Å². The summed E-state index contributed by atoms with van der Waals surface area (Å²) >= 11 is 0. The molecule has 0 spiro atoms. The summed E-state index contributed by atoms with van der Waals surface area (Å²) in [6.07, 6.45) is 7.65. The molecule has 0 rings (SSSR count). The highest BCUT2D eigenvalue weighted by molar-refractivity contribution is 5.82. The first-order chi connectivity index (χ1) is 9.82. The lowest BCUT2D eigenvalue weighted by atomic mass is 10.0. The Balaban J connectivity index is 4.05. The molecule has 21 heavy (non-hydrogen) atoms. The van der Waals surface area contributed by atoms with E-state index in [4.69, 9.17) is 0 Å². The summed E-state index contributed by atoms with van der Waals surface area (Å²) in [5.41, 5.74) is 0. The van der Waals surface area contributed by atoms with Crippen molar-refractivity contribution in [3.05, 3.63) is 0 Å². The van der Waals surface area contributed by atoms with Crippen LogP contribution in [0.1, 0.15) is 80.1 Å². The molecule has 0 fully saturated rings. The molecule has 0 aromatic rings. The third-order valence-corrected chi connectivity index (χ3v) is 4.04. The van der Waals surface area contributed by atoms with Crippen molar-refractivity contribution in [2.75, 3.05) is 19.6 Å². The number of ketones is 1. The molecule has 0 saturated carbocycles. The van der Waals surface area contributed by atoms with Crippen LogP contribution in [0.2, 0.25) is 0 Å². The average molecular weight is 298 g/mol. The van der Waals surface area contributed by atoms with Crippen molar-refractivity contribution >= 4 is 5.78 Å². The van der Waals surface area contributed by atoms with Crippen LogP contribution in [0.5, 0.6) is 0 Å². The molecular formula is C19H39NO. The van der Waals surface area contributed by atoms with Crippen LogP contribution < -0.4 is 0 Å². The summed E-state index contributed by atoms with van der Waals surface area (Å²) < 4.78 is 0. The molecule has 0 unspecified atom stereocenters. The van der Waals surface area contributed by atoms with Gasteiger partial charge in [0, 0.05) is 5.92 Å². The Hall–Kier alpha value is -0.370. The van der Waals surface area contributed by atoms with Gasteiger partial charge in [-0.3, -0.25) is 9.69 Å². The summed E-state index contributed by atoms with van der Waals surface area (Å²) in [5, 5.41) is 0. The average Bonchev–Trinajstić information content (AvgIpc) is 2.38. The number of hydrogen-bond donors (Lipinski definition) is 0. The summed E-state index contributed by atoms with van der Waals surface area (Å²) in [6.45, 7) is 16.0. The van der Waals surface area contributed by atoms with Crippen molar-refractivity contribution in [3.8, 4) is 0 Å². The molecule has 0 aliphatic carbocycles. The summed E-state index contributed by atoms with van der Waals surface area (Å²) in [4.78, 5) is 14.4. The van der Waals surface area contributed by atoms with Crippen LogP contribution in [0.3, 0.4) is 0 Å². The molecule has 0 radical (unpaired) electrons. The lowest BCUT2D eigenvalue weighted by Gasteiger charge is -2.23. The second-order valence-electron chi connectivity index (χ2n) is 7.68. The van der Waals surface area contributed by atoms with Gasteiger partial charge in [0.1, 0.15) is 5.78 Å². The van der Waals surface area contributed by atoms with E-state index in [2.05, 4.69) is 32.6 Å². The van der Waals surface area contributed by atoms with Gasteiger partial charge in [0.05, 0.1) is 6.54 Å². The van der Waals surface area contributed by atoms with Crippen LogP contribution in [0.25, 0.3) is 0 Å². The van der Waals surface area contributed by atoms with Crippen molar-refractivity contribution in [2.24, 2.45) is 17.8 Å². The van der Waals surface area contributed by atoms with Crippen molar-refractivity contribution in [1.82, 2.24) is 4.90 Å². The van der Waals surface area contributed by atoms with E-state index in [-0.39, 0.29) is 5.92 Å². The van der Waals surface area contributed by atoms with Gasteiger partial charge in [0.15, 0.2) is 0 Å². The molecule has 0 saturated heterocycles. The van der Waals surface area contributed by atoms with Crippen LogP contribution >= 0.6 is 0 Å². The molecule has 0 amide bonds. The number of Topliss-reactive ketones (excluding diaryl/α,β-unsaturated/α-hetero) is 1.